The summed E-state index contributed by atoms with van der Waals surface area (Å²) >= 11 is 5.80. The lowest BCUT2D eigenvalue weighted by Gasteiger charge is -2.27. The maximum absolute atomic E-state index is 9.73. The molecular formula is C14H20ClNO2. The SMILES string of the molecule is OC(CNC1CCC1)COCc1ccc(Cl)cc1. The molecule has 1 saturated carbocycles. The van der Waals surface area contributed by atoms with E-state index in [1.165, 1.54) is 19.3 Å². The summed E-state index contributed by atoms with van der Waals surface area (Å²) in [6.45, 7) is 1.49. The van der Waals surface area contributed by atoms with E-state index in [9.17, 15) is 5.11 Å². The summed E-state index contributed by atoms with van der Waals surface area (Å²) in [7, 11) is 0. The molecular weight excluding hydrogens is 250 g/mol. The first-order valence-electron chi connectivity index (χ1n) is 6.47. The molecule has 1 fully saturated rings. The molecule has 0 aromatic heterocycles. The largest absolute Gasteiger partial charge is 0.389 e. The average Bonchev–Trinajstić information content (AvgIpc) is 2.30. The van der Waals surface area contributed by atoms with Gasteiger partial charge in [-0.3, -0.25) is 0 Å². The van der Waals surface area contributed by atoms with E-state index in [-0.39, 0.29) is 0 Å². The zero-order valence-electron chi connectivity index (χ0n) is 10.4. The van der Waals surface area contributed by atoms with Crippen LogP contribution in [0.4, 0.5) is 0 Å². The Morgan fingerprint density at radius 1 is 1.33 bits per heavy atom. The lowest BCUT2D eigenvalue weighted by Crippen LogP contribution is -2.41. The summed E-state index contributed by atoms with van der Waals surface area (Å²) in [6, 6.07) is 8.16. The second kappa shape index (κ2) is 7.10. The fraction of sp³-hybridized carbons (Fsp3) is 0.571. The van der Waals surface area contributed by atoms with Gasteiger partial charge in [-0.05, 0) is 30.5 Å². The minimum Gasteiger partial charge on any atom is -0.389 e. The van der Waals surface area contributed by atoms with Gasteiger partial charge in [-0.2, -0.15) is 0 Å². The Bertz CT molecular complexity index is 351. The molecule has 0 spiro atoms. The van der Waals surface area contributed by atoms with Gasteiger partial charge in [0.2, 0.25) is 0 Å². The van der Waals surface area contributed by atoms with Crippen LogP contribution in [-0.4, -0.2) is 30.4 Å². The van der Waals surface area contributed by atoms with Crippen LogP contribution < -0.4 is 5.32 Å². The summed E-state index contributed by atoms with van der Waals surface area (Å²) in [5, 5.41) is 13.8. The molecule has 1 aliphatic carbocycles. The molecule has 1 aromatic rings. The van der Waals surface area contributed by atoms with E-state index in [1.54, 1.807) is 0 Å². The molecule has 0 aliphatic heterocycles. The van der Waals surface area contributed by atoms with Gasteiger partial charge in [0.25, 0.3) is 0 Å². The highest BCUT2D eigenvalue weighted by molar-refractivity contribution is 6.30. The quantitative estimate of drug-likeness (QED) is 0.799. The number of aliphatic hydroxyl groups is 1. The molecule has 1 aromatic carbocycles. The smallest absolute Gasteiger partial charge is 0.0897 e. The van der Waals surface area contributed by atoms with Crippen molar-refractivity contribution in [2.24, 2.45) is 0 Å². The standard InChI is InChI=1S/C14H20ClNO2/c15-12-6-4-11(5-7-12)9-18-10-14(17)8-16-13-2-1-3-13/h4-7,13-14,16-17H,1-3,8-10H2. The number of nitrogens with one attached hydrogen (secondary N) is 1. The third-order valence-electron chi connectivity index (χ3n) is 3.24. The molecule has 4 heteroatoms. The van der Waals surface area contributed by atoms with Crippen LogP contribution in [0.1, 0.15) is 24.8 Å². The van der Waals surface area contributed by atoms with Crippen LogP contribution in [0.5, 0.6) is 0 Å². The third kappa shape index (κ3) is 4.58. The molecule has 0 radical (unpaired) electrons. The number of benzene rings is 1. The second-order valence-electron chi connectivity index (χ2n) is 4.83. The molecule has 1 unspecified atom stereocenters. The van der Waals surface area contributed by atoms with Crippen molar-refractivity contribution >= 4 is 11.6 Å². The fourth-order valence-corrected chi connectivity index (χ4v) is 1.99. The van der Waals surface area contributed by atoms with Crippen LogP contribution in [0.15, 0.2) is 24.3 Å². The Morgan fingerprint density at radius 3 is 2.67 bits per heavy atom. The van der Waals surface area contributed by atoms with Crippen LogP contribution in [0.3, 0.4) is 0 Å². The minimum absolute atomic E-state index is 0.363. The van der Waals surface area contributed by atoms with Gasteiger partial charge in [0, 0.05) is 17.6 Å². The number of rotatable bonds is 7. The van der Waals surface area contributed by atoms with Crippen molar-refractivity contribution in [3.63, 3.8) is 0 Å². The Labute approximate surface area is 113 Å². The predicted molar refractivity (Wildman–Crippen MR) is 72.8 cm³/mol. The topological polar surface area (TPSA) is 41.5 Å². The van der Waals surface area contributed by atoms with Gasteiger partial charge in [0.05, 0.1) is 19.3 Å². The van der Waals surface area contributed by atoms with Crippen molar-refractivity contribution < 1.29 is 9.84 Å². The van der Waals surface area contributed by atoms with Gasteiger partial charge < -0.3 is 15.2 Å². The molecule has 0 saturated heterocycles. The van der Waals surface area contributed by atoms with Gasteiger partial charge in [0.15, 0.2) is 0 Å². The summed E-state index contributed by atoms with van der Waals surface area (Å²) < 4.78 is 5.47. The summed E-state index contributed by atoms with van der Waals surface area (Å²) in [5.41, 5.74) is 1.07. The minimum atomic E-state index is -0.432. The van der Waals surface area contributed by atoms with Crippen LogP contribution in [0.25, 0.3) is 0 Å². The Hall–Kier alpha value is -0.610. The first-order valence-corrected chi connectivity index (χ1v) is 6.85. The van der Waals surface area contributed by atoms with E-state index in [0.29, 0.717) is 25.8 Å². The highest BCUT2D eigenvalue weighted by atomic mass is 35.5. The molecule has 0 heterocycles. The third-order valence-corrected chi connectivity index (χ3v) is 3.49. The lowest BCUT2D eigenvalue weighted by atomic mass is 9.93. The van der Waals surface area contributed by atoms with Gasteiger partial charge in [-0.15, -0.1) is 0 Å². The van der Waals surface area contributed by atoms with E-state index in [4.69, 9.17) is 16.3 Å². The van der Waals surface area contributed by atoms with Gasteiger partial charge >= 0.3 is 0 Å². The summed E-state index contributed by atoms with van der Waals surface area (Å²) in [4.78, 5) is 0. The van der Waals surface area contributed by atoms with Crippen molar-refractivity contribution in [2.75, 3.05) is 13.2 Å². The Balaban J connectivity index is 1.57. The van der Waals surface area contributed by atoms with E-state index < -0.39 is 6.10 Å². The molecule has 3 nitrogen and oxygen atoms in total. The van der Waals surface area contributed by atoms with E-state index in [1.807, 2.05) is 24.3 Å². The first kappa shape index (κ1) is 13.8. The molecule has 1 aliphatic rings. The molecule has 18 heavy (non-hydrogen) atoms. The van der Waals surface area contributed by atoms with Crippen LogP contribution in [0.2, 0.25) is 5.02 Å². The number of hydrogen-bond donors (Lipinski definition) is 2. The van der Waals surface area contributed by atoms with Crippen molar-refractivity contribution in [3.8, 4) is 0 Å². The Morgan fingerprint density at radius 2 is 2.06 bits per heavy atom. The molecule has 100 valence electrons. The van der Waals surface area contributed by atoms with Crippen molar-refractivity contribution in [1.82, 2.24) is 5.32 Å². The van der Waals surface area contributed by atoms with E-state index in [2.05, 4.69) is 5.32 Å². The maximum Gasteiger partial charge on any atom is 0.0897 e. The van der Waals surface area contributed by atoms with Gasteiger partial charge in [-0.1, -0.05) is 30.2 Å². The zero-order chi connectivity index (χ0) is 12.8. The first-order chi connectivity index (χ1) is 8.74. The molecule has 0 bridgehead atoms. The highest BCUT2D eigenvalue weighted by Gasteiger charge is 2.17. The van der Waals surface area contributed by atoms with Crippen LogP contribution in [-0.2, 0) is 11.3 Å². The van der Waals surface area contributed by atoms with E-state index >= 15 is 0 Å². The maximum atomic E-state index is 9.73. The second-order valence-corrected chi connectivity index (χ2v) is 5.27. The fourth-order valence-electron chi connectivity index (χ4n) is 1.87. The van der Waals surface area contributed by atoms with E-state index in [0.717, 1.165) is 10.6 Å². The number of ether oxygens (including phenoxy) is 1. The predicted octanol–water partition coefficient (Wildman–Crippen LogP) is 2.36. The monoisotopic (exact) mass is 269 g/mol. The number of halogens is 1. The number of hydrogen-bond acceptors (Lipinski definition) is 3. The molecule has 2 rings (SSSR count). The van der Waals surface area contributed by atoms with Crippen molar-refractivity contribution in [3.05, 3.63) is 34.9 Å². The van der Waals surface area contributed by atoms with Crippen molar-refractivity contribution in [1.29, 1.82) is 0 Å². The number of aliphatic hydroxyl groups excluding tert-OH is 1. The molecule has 2 N–H and O–H groups in total. The van der Waals surface area contributed by atoms with Crippen LogP contribution >= 0.6 is 11.6 Å². The summed E-state index contributed by atoms with van der Waals surface area (Å²) in [5.74, 6) is 0. The van der Waals surface area contributed by atoms with Gasteiger partial charge in [0.1, 0.15) is 0 Å². The summed E-state index contributed by atoms with van der Waals surface area (Å²) in [6.07, 6.45) is 3.34. The molecule has 1 atom stereocenters. The van der Waals surface area contributed by atoms with Crippen LogP contribution in [0, 0.1) is 0 Å². The Kier molecular flexibility index (Phi) is 5.45. The average molecular weight is 270 g/mol. The van der Waals surface area contributed by atoms with Gasteiger partial charge in [-0.25, -0.2) is 0 Å². The van der Waals surface area contributed by atoms with Crippen molar-refractivity contribution in [2.45, 2.75) is 38.0 Å². The zero-order valence-corrected chi connectivity index (χ0v) is 11.2. The molecule has 0 amide bonds. The lowest BCUT2D eigenvalue weighted by molar-refractivity contribution is 0.0263. The normalized spacial score (nSPS) is 17.4. The highest BCUT2D eigenvalue weighted by Crippen LogP contribution is 2.17.